The fraction of sp³-hybridized carbons (Fsp3) is 0. The maximum Gasteiger partial charge on any atom is 0.122 e. The third-order valence-electron chi connectivity index (χ3n) is 0.879. The zero-order chi connectivity index (χ0) is 8.53. The van der Waals surface area contributed by atoms with Crippen molar-refractivity contribution in [3.05, 3.63) is 30.3 Å². The first kappa shape index (κ1) is 11.0. The van der Waals surface area contributed by atoms with E-state index in [2.05, 4.69) is 37.0 Å². The molecule has 62 valence electrons. The minimum atomic E-state index is 0.873. The van der Waals surface area contributed by atoms with Crippen molar-refractivity contribution in [1.29, 1.82) is 0 Å². The number of benzene rings is 1. The molecule has 1 atom stereocenters. The number of hydrogen-bond donors (Lipinski definition) is 0. The van der Waals surface area contributed by atoms with Crippen molar-refractivity contribution in [3.8, 4) is 5.75 Å². The quantitative estimate of drug-likeness (QED) is 0.667. The summed E-state index contributed by atoms with van der Waals surface area (Å²) < 4.78 is 8.03. The summed E-state index contributed by atoms with van der Waals surface area (Å²) in [5, 5.41) is 0. The Bertz CT molecular complexity index is 171. The van der Waals surface area contributed by atoms with Crippen molar-refractivity contribution in [2.45, 2.75) is 0 Å². The molecule has 0 aliphatic rings. The van der Waals surface area contributed by atoms with Crippen LogP contribution in [0.3, 0.4) is 0 Å². The van der Waals surface area contributed by atoms with Crippen LogP contribution in [0.25, 0.3) is 0 Å². The largest absolute Gasteiger partial charge is 0.480 e. The first-order chi connectivity index (χ1) is 5.35. The van der Waals surface area contributed by atoms with E-state index in [1.165, 1.54) is 0 Å². The monoisotopic (exact) mass is 212 g/mol. The molecular weight excluding hydrogens is 206 g/mol. The smallest absolute Gasteiger partial charge is 0.122 e. The predicted molar refractivity (Wildman–Crippen MR) is 49.6 cm³/mol. The van der Waals surface area contributed by atoms with Gasteiger partial charge in [0.05, 0.1) is 33.2 Å². The summed E-state index contributed by atoms with van der Waals surface area (Å²) in [4.78, 5) is 0. The summed E-state index contributed by atoms with van der Waals surface area (Å²) in [5.74, 6) is 0.873. The first-order valence-electron chi connectivity index (χ1n) is 2.66. The second kappa shape index (κ2) is 8.09. The summed E-state index contributed by atoms with van der Waals surface area (Å²) in [6, 6.07) is 9.60. The molecule has 1 rings (SSSR count). The molecular formula is C6H7Cl2O2P. The van der Waals surface area contributed by atoms with E-state index in [1.54, 1.807) is 0 Å². The molecule has 1 aromatic carbocycles. The normalized spacial score (nSPS) is 7.91. The summed E-state index contributed by atoms with van der Waals surface area (Å²) in [6.45, 7) is 0. The van der Waals surface area contributed by atoms with E-state index in [4.69, 9.17) is 4.52 Å². The summed E-state index contributed by atoms with van der Waals surface area (Å²) >= 11 is 8.53. The lowest BCUT2D eigenvalue weighted by Crippen LogP contribution is -1.68. The minimum absolute atomic E-state index is 0.873. The van der Waals surface area contributed by atoms with Crippen molar-refractivity contribution >= 4 is 33.2 Å². The van der Waals surface area contributed by atoms with Crippen LogP contribution in [0.5, 0.6) is 5.75 Å². The standard InChI is InChI=1S/C6H7OP.Cl2O/c8-7-6-4-2-1-3-5-6;1-3-2/h1-5H,8H2;. The summed E-state index contributed by atoms with van der Waals surface area (Å²) in [5.41, 5.74) is 0. The summed E-state index contributed by atoms with van der Waals surface area (Å²) in [6.07, 6.45) is 0. The lowest BCUT2D eigenvalue weighted by Gasteiger charge is -1.93. The Balaban J connectivity index is 0.000000292. The topological polar surface area (TPSA) is 18.5 Å². The Morgan fingerprint density at radius 1 is 1.09 bits per heavy atom. The van der Waals surface area contributed by atoms with Gasteiger partial charge in [-0.2, -0.15) is 3.84 Å². The fourth-order valence-electron chi connectivity index (χ4n) is 0.499. The average molecular weight is 213 g/mol. The molecule has 5 heteroatoms. The maximum absolute atomic E-state index is 4.83. The van der Waals surface area contributed by atoms with Gasteiger partial charge in [0.2, 0.25) is 0 Å². The van der Waals surface area contributed by atoms with Crippen molar-refractivity contribution in [1.82, 2.24) is 0 Å². The van der Waals surface area contributed by atoms with Gasteiger partial charge in [0, 0.05) is 0 Å². The van der Waals surface area contributed by atoms with Crippen LogP contribution in [-0.2, 0) is 3.84 Å². The molecule has 0 bridgehead atoms. The second-order valence-electron chi connectivity index (χ2n) is 1.49. The minimum Gasteiger partial charge on any atom is -0.480 e. The van der Waals surface area contributed by atoms with E-state index in [0.717, 1.165) is 5.75 Å². The van der Waals surface area contributed by atoms with E-state index < -0.39 is 0 Å². The van der Waals surface area contributed by atoms with Gasteiger partial charge in [-0.15, -0.1) is 0 Å². The first-order valence-corrected chi connectivity index (χ1v) is 3.75. The number of rotatable bonds is 1. The molecule has 0 saturated carbocycles. The molecule has 0 amide bonds. The number of hydrogen-bond acceptors (Lipinski definition) is 2. The van der Waals surface area contributed by atoms with Crippen LogP contribution in [0.15, 0.2) is 30.3 Å². The van der Waals surface area contributed by atoms with E-state index in [1.807, 2.05) is 30.3 Å². The molecule has 1 unspecified atom stereocenters. The maximum atomic E-state index is 4.83. The molecule has 0 saturated heterocycles. The lowest BCUT2D eigenvalue weighted by molar-refractivity contribution is 0.646. The van der Waals surface area contributed by atoms with Crippen LogP contribution in [0.4, 0.5) is 0 Å². The van der Waals surface area contributed by atoms with Crippen LogP contribution in [0, 0.1) is 0 Å². The average Bonchev–Trinajstić information content (AvgIpc) is 2.08. The molecule has 0 fully saturated rings. The highest BCUT2D eigenvalue weighted by Crippen LogP contribution is 2.09. The van der Waals surface area contributed by atoms with Crippen LogP contribution < -0.4 is 4.52 Å². The van der Waals surface area contributed by atoms with E-state index >= 15 is 0 Å². The van der Waals surface area contributed by atoms with Crippen molar-refractivity contribution in [2.24, 2.45) is 0 Å². The Morgan fingerprint density at radius 2 is 1.55 bits per heavy atom. The van der Waals surface area contributed by atoms with E-state index in [9.17, 15) is 0 Å². The molecule has 0 aliphatic heterocycles. The molecule has 0 aromatic heterocycles. The highest BCUT2D eigenvalue weighted by atomic mass is 35.6. The van der Waals surface area contributed by atoms with Crippen LogP contribution in [0.1, 0.15) is 0 Å². The molecule has 0 heterocycles. The SMILES string of the molecule is ClOCl.POc1ccccc1. The number of para-hydroxylation sites is 1. The van der Waals surface area contributed by atoms with Gasteiger partial charge in [-0.1, -0.05) is 18.2 Å². The van der Waals surface area contributed by atoms with Gasteiger partial charge in [-0.3, -0.25) is 0 Å². The van der Waals surface area contributed by atoms with Gasteiger partial charge >= 0.3 is 0 Å². The lowest BCUT2D eigenvalue weighted by atomic mass is 10.3. The van der Waals surface area contributed by atoms with E-state index in [0.29, 0.717) is 0 Å². The van der Waals surface area contributed by atoms with Gasteiger partial charge in [0.1, 0.15) is 5.75 Å². The zero-order valence-electron chi connectivity index (χ0n) is 5.54. The molecule has 0 aliphatic carbocycles. The van der Waals surface area contributed by atoms with E-state index in [-0.39, 0.29) is 0 Å². The Hall–Kier alpha value is -0.0100. The van der Waals surface area contributed by atoms with Gasteiger partial charge < -0.3 is 4.52 Å². The molecule has 1 aromatic rings. The molecule has 11 heavy (non-hydrogen) atoms. The summed E-state index contributed by atoms with van der Waals surface area (Å²) in [7, 11) is 2.19. The predicted octanol–water partition coefficient (Wildman–Crippen LogP) is 3.17. The Labute approximate surface area is 78.0 Å². The zero-order valence-corrected chi connectivity index (χ0v) is 8.20. The molecule has 0 N–H and O–H groups in total. The third kappa shape index (κ3) is 6.39. The number of halogens is 2. The van der Waals surface area contributed by atoms with Crippen LogP contribution >= 0.6 is 33.2 Å². The van der Waals surface area contributed by atoms with Crippen molar-refractivity contribution < 1.29 is 8.37 Å². The van der Waals surface area contributed by atoms with Gasteiger partial charge in [-0.05, 0) is 12.1 Å². The second-order valence-corrected chi connectivity index (χ2v) is 2.19. The third-order valence-corrected chi connectivity index (χ3v) is 1.15. The Kier molecular flexibility index (Phi) is 8.08. The molecule has 0 spiro atoms. The van der Waals surface area contributed by atoms with Crippen molar-refractivity contribution in [3.63, 3.8) is 0 Å². The van der Waals surface area contributed by atoms with Gasteiger partial charge in [0.25, 0.3) is 0 Å². The Morgan fingerprint density at radius 3 is 1.82 bits per heavy atom. The van der Waals surface area contributed by atoms with Crippen molar-refractivity contribution in [2.75, 3.05) is 0 Å². The van der Waals surface area contributed by atoms with Crippen LogP contribution in [-0.4, -0.2) is 0 Å². The van der Waals surface area contributed by atoms with Gasteiger partial charge in [0.15, 0.2) is 0 Å². The van der Waals surface area contributed by atoms with Gasteiger partial charge in [-0.25, -0.2) is 0 Å². The molecule has 2 nitrogen and oxygen atoms in total. The fourth-order valence-corrected chi connectivity index (χ4v) is 0.656. The highest BCUT2D eigenvalue weighted by Gasteiger charge is 1.80. The molecule has 0 radical (unpaired) electrons. The highest BCUT2D eigenvalue weighted by molar-refractivity contribution is 7.10. The van der Waals surface area contributed by atoms with Crippen LogP contribution in [0.2, 0.25) is 0 Å².